The van der Waals surface area contributed by atoms with Crippen LogP contribution in [-0.4, -0.2) is 36.5 Å². The summed E-state index contributed by atoms with van der Waals surface area (Å²) >= 11 is 0. The van der Waals surface area contributed by atoms with Gasteiger partial charge in [-0.05, 0) is 62.3 Å². The molecule has 0 N–H and O–H groups in total. The molecule has 0 unspecified atom stereocenters. The van der Waals surface area contributed by atoms with Gasteiger partial charge in [-0.2, -0.15) is 0 Å². The van der Waals surface area contributed by atoms with Crippen LogP contribution in [0, 0.1) is 22.7 Å². The molecule has 5 nitrogen and oxygen atoms in total. The van der Waals surface area contributed by atoms with E-state index < -0.39 is 10.8 Å². The van der Waals surface area contributed by atoms with Gasteiger partial charge in [0.1, 0.15) is 5.75 Å². The van der Waals surface area contributed by atoms with Crippen LogP contribution in [0.4, 0.5) is 0 Å². The Hall–Kier alpha value is -3.08. The Kier molecular flexibility index (Phi) is 5.75. The van der Waals surface area contributed by atoms with E-state index >= 15 is 0 Å². The number of carbonyl (C=O) groups excluding carboxylic acids is 2. The van der Waals surface area contributed by atoms with Gasteiger partial charge in [0.2, 0.25) is 5.91 Å². The Labute approximate surface area is 201 Å². The number of carbonyl (C=O) groups is 2. The van der Waals surface area contributed by atoms with Crippen molar-refractivity contribution in [2.45, 2.75) is 45.7 Å². The maximum absolute atomic E-state index is 14.2. The summed E-state index contributed by atoms with van der Waals surface area (Å²) in [6.07, 6.45) is 6.58. The highest BCUT2D eigenvalue weighted by molar-refractivity contribution is 5.92. The molecule has 0 radical (unpaired) electrons. The number of amides is 1. The van der Waals surface area contributed by atoms with Gasteiger partial charge in [0, 0.05) is 18.5 Å². The minimum absolute atomic E-state index is 0.0884. The molecule has 1 heterocycles. The Morgan fingerprint density at radius 2 is 1.82 bits per heavy atom. The molecule has 1 saturated heterocycles. The van der Waals surface area contributed by atoms with Crippen LogP contribution >= 0.6 is 0 Å². The first kappa shape index (κ1) is 22.7. The second-order valence-electron chi connectivity index (χ2n) is 10.1. The molecule has 5 heteroatoms. The standard InChI is InChI=1S/C29H33NO4/c1-4-34-27(32)28(2)22-14-16-29(17-15-22)25(28)24(18-20-8-6-5-7-9-20)30(26(29)31)19-21-10-12-23(33-3)13-11-21/h5-14,16,22,24-25H,4,15,17-19H2,1-3H3/t22-,24+,25-,28+,29-/m1/s1. The first-order valence-corrected chi connectivity index (χ1v) is 12.3. The molecule has 2 bridgehead atoms. The summed E-state index contributed by atoms with van der Waals surface area (Å²) in [4.78, 5) is 29.7. The van der Waals surface area contributed by atoms with Gasteiger partial charge in [-0.3, -0.25) is 9.59 Å². The maximum Gasteiger partial charge on any atom is 0.312 e. The number of allylic oxidation sites excluding steroid dienone is 1. The molecular formula is C29H33NO4. The van der Waals surface area contributed by atoms with Crippen molar-refractivity contribution in [3.8, 4) is 5.75 Å². The molecule has 6 rings (SSSR count). The lowest BCUT2D eigenvalue weighted by molar-refractivity contribution is -0.170. The number of nitrogens with zero attached hydrogens (tertiary/aromatic N) is 1. The van der Waals surface area contributed by atoms with Gasteiger partial charge in [0.25, 0.3) is 0 Å². The molecule has 1 amide bonds. The fourth-order valence-corrected chi connectivity index (χ4v) is 6.80. The van der Waals surface area contributed by atoms with Crippen molar-refractivity contribution in [3.63, 3.8) is 0 Å². The molecule has 1 saturated carbocycles. The quantitative estimate of drug-likeness (QED) is 0.441. The van der Waals surface area contributed by atoms with Crippen LogP contribution in [0.3, 0.4) is 0 Å². The molecule has 34 heavy (non-hydrogen) atoms. The van der Waals surface area contributed by atoms with Crippen molar-refractivity contribution in [3.05, 3.63) is 77.9 Å². The third kappa shape index (κ3) is 3.36. The Morgan fingerprint density at radius 3 is 2.44 bits per heavy atom. The van der Waals surface area contributed by atoms with Gasteiger partial charge < -0.3 is 14.4 Å². The molecule has 2 aromatic carbocycles. The van der Waals surface area contributed by atoms with Crippen molar-refractivity contribution in [1.82, 2.24) is 4.90 Å². The van der Waals surface area contributed by atoms with E-state index in [1.165, 1.54) is 5.56 Å². The summed E-state index contributed by atoms with van der Waals surface area (Å²) in [5.41, 5.74) is 0.849. The number of hydrogen-bond donors (Lipinski definition) is 0. The second-order valence-corrected chi connectivity index (χ2v) is 10.1. The average molecular weight is 460 g/mol. The van der Waals surface area contributed by atoms with E-state index in [4.69, 9.17) is 9.47 Å². The molecule has 2 aromatic rings. The van der Waals surface area contributed by atoms with E-state index in [-0.39, 0.29) is 29.8 Å². The molecule has 1 spiro atoms. The van der Waals surface area contributed by atoms with E-state index in [1.807, 2.05) is 61.2 Å². The number of esters is 1. The molecule has 178 valence electrons. The summed E-state index contributed by atoms with van der Waals surface area (Å²) in [7, 11) is 1.65. The lowest BCUT2D eigenvalue weighted by atomic mass is 9.47. The molecule has 0 aromatic heterocycles. The summed E-state index contributed by atoms with van der Waals surface area (Å²) in [6.45, 7) is 4.75. The fraction of sp³-hybridized carbons (Fsp3) is 0.448. The fourth-order valence-electron chi connectivity index (χ4n) is 6.80. The van der Waals surface area contributed by atoms with Crippen molar-refractivity contribution in [2.75, 3.05) is 13.7 Å². The minimum Gasteiger partial charge on any atom is -0.497 e. The normalized spacial score (nSPS) is 31.4. The molecule has 5 atom stereocenters. The van der Waals surface area contributed by atoms with Crippen LogP contribution in [0.1, 0.15) is 37.8 Å². The van der Waals surface area contributed by atoms with E-state index in [2.05, 4.69) is 24.3 Å². The van der Waals surface area contributed by atoms with E-state index in [1.54, 1.807) is 7.11 Å². The zero-order valence-electron chi connectivity index (χ0n) is 20.2. The molecule has 1 aliphatic heterocycles. The van der Waals surface area contributed by atoms with Crippen molar-refractivity contribution in [2.24, 2.45) is 22.7 Å². The third-order valence-corrected chi connectivity index (χ3v) is 8.43. The second kappa shape index (κ2) is 8.61. The van der Waals surface area contributed by atoms with Crippen LogP contribution in [0.2, 0.25) is 0 Å². The van der Waals surface area contributed by atoms with E-state index in [0.29, 0.717) is 19.6 Å². The smallest absolute Gasteiger partial charge is 0.312 e. The van der Waals surface area contributed by atoms with Crippen LogP contribution in [-0.2, 0) is 27.3 Å². The van der Waals surface area contributed by atoms with Gasteiger partial charge in [-0.1, -0.05) is 54.6 Å². The first-order valence-electron chi connectivity index (χ1n) is 12.3. The molecule has 2 fully saturated rings. The number of benzene rings is 2. The lowest BCUT2D eigenvalue weighted by Crippen LogP contribution is -2.58. The molecular weight excluding hydrogens is 426 g/mol. The number of fused-ring (bicyclic) bond motifs is 1. The predicted molar refractivity (Wildman–Crippen MR) is 130 cm³/mol. The highest BCUT2D eigenvalue weighted by Crippen LogP contribution is 2.65. The highest BCUT2D eigenvalue weighted by Gasteiger charge is 2.70. The number of methoxy groups -OCH3 is 1. The summed E-state index contributed by atoms with van der Waals surface area (Å²) in [5.74, 6) is 0.718. The predicted octanol–water partition coefficient (Wildman–Crippen LogP) is 4.80. The number of likely N-dealkylation sites (tertiary alicyclic amines) is 1. The monoisotopic (exact) mass is 459 g/mol. The first-order chi connectivity index (χ1) is 16.4. The largest absolute Gasteiger partial charge is 0.497 e. The van der Waals surface area contributed by atoms with Crippen LogP contribution in [0.5, 0.6) is 5.75 Å². The van der Waals surface area contributed by atoms with Crippen molar-refractivity contribution in [1.29, 1.82) is 0 Å². The Bertz CT molecular complexity index is 1090. The van der Waals surface area contributed by atoms with Gasteiger partial charge in [0.05, 0.1) is 24.5 Å². The van der Waals surface area contributed by atoms with Crippen LogP contribution < -0.4 is 4.74 Å². The Morgan fingerprint density at radius 1 is 1.09 bits per heavy atom. The van der Waals surface area contributed by atoms with E-state index in [9.17, 15) is 9.59 Å². The van der Waals surface area contributed by atoms with Crippen molar-refractivity contribution >= 4 is 11.9 Å². The van der Waals surface area contributed by atoms with E-state index in [0.717, 1.165) is 24.2 Å². The van der Waals surface area contributed by atoms with Gasteiger partial charge in [-0.15, -0.1) is 0 Å². The number of hydrogen-bond acceptors (Lipinski definition) is 4. The Balaban J connectivity index is 1.59. The SMILES string of the molecule is CCOC(=O)[C@@]1(C)[C@@H]2C=C[C@]3(CC2)C(=O)N(Cc2ccc(OC)cc2)[C@@H](Cc2ccccc2)[C@H]13. The number of rotatable bonds is 7. The molecule has 4 aliphatic rings. The van der Waals surface area contributed by atoms with Crippen LogP contribution in [0.15, 0.2) is 66.7 Å². The maximum atomic E-state index is 14.2. The van der Waals surface area contributed by atoms with Crippen LogP contribution in [0.25, 0.3) is 0 Å². The zero-order valence-corrected chi connectivity index (χ0v) is 20.2. The lowest BCUT2D eigenvalue weighted by Gasteiger charge is -2.54. The number of ether oxygens (including phenoxy) is 2. The topological polar surface area (TPSA) is 55.8 Å². The zero-order chi connectivity index (χ0) is 23.9. The molecule has 3 aliphatic carbocycles. The third-order valence-electron chi connectivity index (χ3n) is 8.43. The van der Waals surface area contributed by atoms with Gasteiger partial charge >= 0.3 is 5.97 Å². The highest BCUT2D eigenvalue weighted by atomic mass is 16.5. The summed E-state index contributed by atoms with van der Waals surface area (Å²) < 4.78 is 11.0. The van der Waals surface area contributed by atoms with Gasteiger partial charge in [0.15, 0.2) is 0 Å². The summed E-state index contributed by atoms with van der Waals surface area (Å²) in [5, 5.41) is 0. The average Bonchev–Trinajstić information content (AvgIpc) is 3.09. The summed E-state index contributed by atoms with van der Waals surface area (Å²) in [6, 6.07) is 18.1. The van der Waals surface area contributed by atoms with Crippen molar-refractivity contribution < 1.29 is 19.1 Å². The van der Waals surface area contributed by atoms with Gasteiger partial charge in [-0.25, -0.2) is 0 Å². The minimum atomic E-state index is -0.729.